The van der Waals surface area contributed by atoms with Gasteiger partial charge in [0, 0.05) is 11.4 Å². The summed E-state index contributed by atoms with van der Waals surface area (Å²) < 4.78 is 10.8. The van der Waals surface area contributed by atoms with Crippen molar-refractivity contribution in [2.75, 3.05) is 0 Å². The summed E-state index contributed by atoms with van der Waals surface area (Å²) in [7, 11) is 0. The Morgan fingerprint density at radius 1 is 1.24 bits per heavy atom. The number of carbonyl (C=O) groups excluding carboxylic acids is 2. The molecule has 0 aliphatic heterocycles. The number of carbonyl (C=O) groups is 2. The lowest BCUT2D eigenvalue weighted by atomic mass is 9.78. The molecule has 1 N–H and O–H groups in total. The minimum absolute atomic E-state index is 0.112. The van der Waals surface area contributed by atoms with Crippen molar-refractivity contribution in [3.05, 3.63) is 36.1 Å². The molecule has 1 amide bonds. The van der Waals surface area contributed by atoms with Gasteiger partial charge in [0.15, 0.2) is 6.10 Å². The van der Waals surface area contributed by atoms with Crippen LogP contribution >= 0.6 is 0 Å². The number of ether oxygens (including phenoxy) is 1. The summed E-state index contributed by atoms with van der Waals surface area (Å²) in [5.41, 5.74) is 0.622. The third kappa shape index (κ3) is 3.86. The number of hydrogen-bond donors (Lipinski definition) is 1. The van der Waals surface area contributed by atoms with Crippen molar-refractivity contribution in [1.82, 2.24) is 5.32 Å². The van der Waals surface area contributed by atoms with Gasteiger partial charge in [0.05, 0.1) is 0 Å². The Balaban J connectivity index is 1.59. The van der Waals surface area contributed by atoms with E-state index in [0.717, 1.165) is 18.2 Å². The zero-order valence-electron chi connectivity index (χ0n) is 15.0. The van der Waals surface area contributed by atoms with Crippen LogP contribution in [0.4, 0.5) is 0 Å². The van der Waals surface area contributed by atoms with Crippen molar-refractivity contribution in [3.63, 3.8) is 0 Å². The molecule has 3 rings (SSSR count). The maximum atomic E-state index is 12.4. The molecular formula is C20H25NO4. The van der Waals surface area contributed by atoms with Gasteiger partial charge in [-0.15, -0.1) is 0 Å². The lowest BCUT2D eigenvalue weighted by Crippen LogP contribution is -2.47. The average Bonchev–Trinajstić information content (AvgIpc) is 3.03. The van der Waals surface area contributed by atoms with Crippen molar-refractivity contribution in [3.8, 4) is 0 Å². The molecule has 0 radical (unpaired) electrons. The predicted octanol–water partition coefficient (Wildman–Crippen LogP) is 3.92. The van der Waals surface area contributed by atoms with Gasteiger partial charge in [0.25, 0.3) is 5.91 Å². The molecule has 5 heteroatoms. The monoisotopic (exact) mass is 343 g/mol. The first kappa shape index (κ1) is 17.5. The molecule has 5 nitrogen and oxygen atoms in total. The number of nitrogens with one attached hydrogen (secondary N) is 1. The van der Waals surface area contributed by atoms with E-state index in [9.17, 15) is 9.59 Å². The predicted molar refractivity (Wildman–Crippen MR) is 95.2 cm³/mol. The molecular weight excluding hydrogens is 318 g/mol. The van der Waals surface area contributed by atoms with Crippen molar-refractivity contribution in [1.29, 1.82) is 0 Å². The van der Waals surface area contributed by atoms with Gasteiger partial charge in [-0.05, 0) is 37.3 Å². The molecule has 1 aliphatic rings. The fourth-order valence-electron chi connectivity index (χ4n) is 3.44. The number of hydrogen-bond acceptors (Lipinski definition) is 4. The second kappa shape index (κ2) is 7.30. The molecule has 1 aromatic heterocycles. The SMILES string of the molecule is C[C@@H]1[C@@H](C)CCC[C@H]1NC(=O)[C@@H](C)OC(=O)c1cc2ccccc2o1. The maximum Gasteiger partial charge on any atom is 0.375 e. The normalized spacial score (nSPS) is 24.7. The standard InChI is InChI=1S/C20H25NO4/c1-12-7-6-9-16(13(12)2)21-19(22)14(3)24-20(23)18-11-15-8-4-5-10-17(15)25-18/h4-5,8,10-14,16H,6-7,9H2,1-3H3,(H,21,22)/t12-,13+,14+,16+/m0/s1. The topological polar surface area (TPSA) is 68.5 Å². The second-order valence-corrected chi connectivity index (χ2v) is 7.08. The van der Waals surface area contributed by atoms with Crippen molar-refractivity contribution in [2.45, 2.75) is 52.2 Å². The number of benzene rings is 1. The molecule has 1 fully saturated rings. The summed E-state index contributed by atoms with van der Waals surface area (Å²) in [4.78, 5) is 24.6. The van der Waals surface area contributed by atoms with Crippen molar-refractivity contribution < 1.29 is 18.7 Å². The first-order valence-electron chi connectivity index (χ1n) is 8.95. The smallest absolute Gasteiger partial charge is 0.375 e. The molecule has 1 saturated carbocycles. The summed E-state index contributed by atoms with van der Waals surface area (Å²) in [6.45, 7) is 5.97. The number of para-hydroxylation sites is 1. The molecule has 134 valence electrons. The van der Waals surface area contributed by atoms with Gasteiger partial charge in [-0.25, -0.2) is 4.79 Å². The quantitative estimate of drug-likeness (QED) is 0.854. The highest BCUT2D eigenvalue weighted by Gasteiger charge is 2.30. The van der Waals surface area contributed by atoms with Crippen LogP contribution in [0.25, 0.3) is 11.0 Å². The van der Waals surface area contributed by atoms with Crippen LogP contribution in [0.15, 0.2) is 34.7 Å². The Morgan fingerprint density at radius 2 is 2.00 bits per heavy atom. The van der Waals surface area contributed by atoms with Crippen LogP contribution in [0, 0.1) is 11.8 Å². The minimum Gasteiger partial charge on any atom is -0.449 e. The third-order valence-corrected chi connectivity index (χ3v) is 5.31. The lowest BCUT2D eigenvalue weighted by molar-refractivity contribution is -0.130. The lowest BCUT2D eigenvalue weighted by Gasteiger charge is -2.35. The van der Waals surface area contributed by atoms with Crippen LogP contribution in [-0.2, 0) is 9.53 Å². The van der Waals surface area contributed by atoms with Crippen LogP contribution < -0.4 is 5.32 Å². The molecule has 1 aliphatic carbocycles. The van der Waals surface area contributed by atoms with E-state index in [-0.39, 0.29) is 17.7 Å². The molecule has 0 saturated heterocycles. The Labute approximate surface area is 147 Å². The highest BCUT2D eigenvalue weighted by atomic mass is 16.6. The molecule has 1 heterocycles. The third-order valence-electron chi connectivity index (χ3n) is 5.31. The number of fused-ring (bicyclic) bond motifs is 1. The molecule has 4 atom stereocenters. The van der Waals surface area contributed by atoms with Gasteiger partial charge in [0.2, 0.25) is 5.76 Å². The van der Waals surface area contributed by atoms with Gasteiger partial charge in [-0.1, -0.05) is 44.9 Å². The summed E-state index contributed by atoms with van der Waals surface area (Å²) >= 11 is 0. The molecule has 2 aromatic rings. The van der Waals surface area contributed by atoms with E-state index in [2.05, 4.69) is 19.2 Å². The fraction of sp³-hybridized carbons (Fsp3) is 0.500. The van der Waals surface area contributed by atoms with Gasteiger partial charge in [-0.2, -0.15) is 0 Å². The summed E-state index contributed by atoms with van der Waals surface area (Å²) in [5, 5.41) is 3.87. The van der Waals surface area contributed by atoms with Gasteiger partial charge < -0.3 is 14.5 Å². The van der Waals surface area contributed by atoms with Crippen LogP contribution in [0.5, 0.6) is 0 Å². The average molecular weight is 343 g/mol. The van der Waals surface area contributed by atoms with E-state index < -0.39 is 12.1 Å². The van der Waals surface area contributed by atoms with E-state index in [0.29, 0.717) is 17.4 Å². The van der Waals surface area contributed by atoms with E-state index in [1.54, 1.807) is 19.1 Å². The van der Waals surface area contributed by atoms with Gasteiger partial charge in [-0.3, -0.25) is 4.79 Å². The summed E-state index contributed by atoms with van der Waals surface area (Å²) in [5.74, 6) is 0.253. The maximum absolute atomic E-state index is 12.4. The summed E-state index contributed by atoms with van der Waals surface area (Å²) in [6.07, 6.45) is 2.43. The minimum atomic E-state index is -0.856. The van der Waals surface area contributed by atoms with Crippen molar-refractivity contribution >= 4 is 22.8 Å². The fourth-order valence-corrected chi connectivity index (χ4v) is 3.44. The van der Waals surface area contributed by atoms with E-state index in [4.69, 9.17) is 9.15 Å². The summed E-state index contributed by atoms with van der Waals surface area (Å²) in [6, 6.07) is 9.13. The van der Waals surface area contributed by atoms with Gasteiger partial charge >= 0.3 is 5.97 Å². The van der Waals surface area contributed by atoms with Crippen molar-refractivity contribution in [2.24, 2.45) is 11.8 Å². The highest BCUT2D eigenvalue weighted by Crippen LogP contribution is 2.29. The van der Waals surface area contributed by atoms with Gasteiger partial charge in [0.1, 0.15) is 5.58 Å². The van der Waals surface area contributed by atoms with Crippen LogP contribution in [-0.4, -0.2) is 24.0 Å². The Hall–Kier alpha value is -2.30. The second-order valence-electron chi connectivity index (χ2n) is 7.08. The molecule has 0 bridgehead atoms. The van der Waals surface area contributed by atoms with E-state index in [1.807, 2.05) is 18.2 Å². The van der Waals surface area contributed by atoms with Crippen LogP contribution in [0.1, 0.15) is 50.6 Å². The first-order valence-corrected chi connectivity index (χ1v) is 8.95. The highest BCUT2D eigenvalue weighted by molar-refractivity contribution is 5.94. The molecule has 25 heavy (non-hydrogen) atoms. The molecule has 0 spiro atoms. The Morgan fingerprint density at radius 3 is 2.76 bits per heavy atom. The number of furan rings is 1. The Bertz CT molecular complexity index is 733. The van der Waals surface area contributed by atoms with Crippen LogP contribution in [0.3, 0.4) is 0 Å². The molecule has 0 unspecified atom stereocenters. The van der Waals surface area contributed by atoms with E-state index >= 15 is 0 Å². The number of amides is 1. The van der Waals surface area contributed by atoms with E-state index in [1.165, 1.54) is 6.42 Å². The number of esters is 1. The first-order chi connectivity index (χ1) is 12.0. The largest absolute Gasteiger partial charge is 0.449 e. The zero-order valence-corrected chi connectivity index (χ0v) is 15.0. The number of rotatable bonds is 4. The molecule has 1 aromatic carbocycles. The van der Waals surface area contributed by atoms with Crippen LogP contribution in [0.2, 0.25) is 0 Å². The zero-order chi connectivity index (χ0) is 18.0. The Kier molecular flexibility index (Phi) is 5.11.